The molecule has 0 bridgehead atoms. The molecule has 4 nitrogen and oxygen atoms in total. The van der Waals surface area contributed by atoms with Crippen molar-refractivity contribution in [2.75, 3.05) is 13.2 Å². The summed E-state index contributed by atoms with van der Waals surface area (Å²) in [6.45, 7) is 5.25. The lowest BCUT2D eigenvalue weighted by Crippen LogP contribution is -2.50. The zero-order valence-electron chi connectivity index (χ0n) is 13.6. The number of aromatic nitrogens is 1. The molecule has 0 radical (unpaired) electrons. The van der Waals surface area contributed by atoms with Crippen LogP contribution in [0.1, 0.15) is 34.9 Å². The summed E-state index contributed by atoms with van der Waals surface area (Å²) in [5, 5.41) is 2.90. The number of hydrogen-bond acceptors (Lipinski definition) is 4. The molecule has 23 heavy (non-hydrogen) atoms. The van der Waals surface area contributed by atoms with Crippen molar-refractivity contribution < 1.29 is 9.53 Å². The number of benzene rings is 1. The van der Waals surface area contributed by atoms with Crippen molar-refractivity contribution in [3.8, 4) is 0 Å². The molecule has 0 aliphatic carbocycles. The highest BCUT2D eigenvalue weighted by Crippen LogP contribution is 2.18. The summed E-state index contributed by atoms with van der Waals surface area (Å²) < 4.78 is 5.59. The van der Waals surface area contributed by atoms with E-state index in [1.54, 1.807) is 11.3 Å². The number of morpholine rings is 1. The minimum atomic E-state index is 0.0230. The molecule has 3 rings (SSSR count). The Morgan fingerprint density at radius 2 is 2.09 bits per heavy atom. The van der Waals surface area contributed by atoms with Gasteiger partial charge in [0.1, 0.15) is 5.69 Å². The molecule has 5 heteroatoms. The fourth-order valence-corrected chi connectivity index (χ4v) is 3.53. The fourth-order valence-electron chi connectivity index (χ4n) is 2.75. The Balaban J connectivity index is 1.63. The van der Waals surface area contributed by atoms with Gasteiger partial charge in [-0.2, -0.15) is 0 Å². The normalized spacial score (nSPS) is 21.4. The van der Waals surface area contributed by atoms with Gasteiger partial charge in [-0.15, -0.1) is 11.3 Å². The molecule has 1 saturated heterocycles. The summed E-state index contributed by atoms with van der Waals surface area (Å²) in [7, 11) is 0. The van der Waals surface area contributed by atoms with Gasteiger partial charge in [0, 0.05) is 18.3 Å². The van der Waals surface area contributed by atoms with E-state index in [-0.39, 0.29) is 18.1 Å². The van der Waals surface area contributed by atoms with E-state index >= 15 is 0 Å². The zero-order valence-corrected chi connectivity index (χ0v) is 14.4. The zero-order chi connectivity index (χ0) is 16.2. The van der Waals surface area contributed by atoms with E-state index in [1.165, 1.54) is 5.56 Å². The fraction of sp³-hybridized carbons (Fsp3) is 0.444. The molecule has 2 atom stereocenters. The van der Waals surface area contributed by atoms with Crippen LogP contribution in [0.4, 0.5) is 0 Å². The van der Waals surface area contributed by atoms with Gasteiger partial charge in [-0.3, -0.25) is 4.79 Å². The van der Waals surface area contributed by atoms with Crippen LogP contribution in [-0.4, -0.2) is 41.1 Å². The summed E-state index contributed by atoms with van der Waals surface area (Å²) in [4.78, 5) is 19.1. The molecule has 0 spiro atoms. The number of thiazole rings is 1. The van der Waals surface area contributed by atoms with Crippen molar-refractivity contribution in [1.82, 2.24) is 9.88 Å². The van der Waals surface area contributed by atoms with Crippen LogP contribution in [0, 0.1) is 0 Å². The maximum Gasteiger partial charge on any atom is 0.273 e. The summed E-state index contributed by atoms with van der Waals surface area (Å²) in [6, 6.07) is 10.5. The maximum atomic E-state index is 12.7. The third-order valence-corrected chi connectivity index (χ3v) is 5.02. The highest BCUT2D eigenvalue weighted by Gasteiger charge is 2.29. The number of carbonyl (C=O) groups is 1. The van der Waals surface area contributed by atoms with E-state index < -0.39 is 0 Å². The van der Waals surface area contributed by atoms with E-state index in [4.69, 9.17) is 4.74 Å². The van der Waals surface area contributed by atoms with Gasteiger partial charge in [0.15, 0.2) is 0 Å². The third kappa shape index (κ3) is 3.98. The molecule has 1 fully saturated rings. The molecule has 0 N–H and O–H groups in total. The third-order valence-electron chi connectivity index (χ3n) is 4.11. The Bertz CT molecular complexity index is 656. The van der Waals surface area contributed by atoms with E-state index in [0.29, 0.717) is 18.8 Å². The van der Waals surface area contributed by atoms with Crippen LogP contribution in [0.3, 0.4) is 0 Å². The van der Waals surface area contributed by atoms with Crippen molar-refractivity contribution in [3.63, 3.8) is 0 Å². The monoisotopic (exact) mass is 330 g/mol. The van der Waals surface area contributed by atoms with Gasteiger partial charge in [0.05, 0.1) is 23.8 Å². The van der Waals surface area contributed by atoms with E-state index in [9.17, 15) is 4.79 Å². The topological polar surface area (TPSA) is 42.4 Å². The first-order valence-electron chi connectivity index (χ1n) is 8.04. The predicted octanol–water partition coefficient (Wildman–Crippen LogP) is 3.18. The van der Waals surface area contributed by atoms with Gasteiger partial charge in [-0.1, -0.05) is 30.3 Å². The molecule has 2 unspecified atom stereocenters. The lowest BCUT2D eigenvalue weighted by Gasteiger charge is -2.36. The minimum absolute atomic E-state index is 0.0230. The van der Waals surface area contributed by atoms with Crippen molar-refractivity contribution in [2.24, 2.45) is 0 Å². The van der Waals surface area contributed by atoms with Crippen LogP contribution in [-0.2, 0) is 17.6 Å². The number of ether oxygens (including phenoxy) is 1. The van der Waals surface area contributed by atoms with Gasteiger partial charge in [-0.05, 0) is 25.8 Å². The first-order chi connectivity index (χ1) is 11.1. The lowest BCUT2D eigenvalue weighted by atomic mass is 10.1. The summed E-state index contributed by atoms with van der Waals surface area (Å²) in [5.41, 5.74) is 1.87. The van der Waals surface area contributed by atoms with Crippen LogP contribution >= 0.6 is 11.3 Å². The van der Waals surface area contributed by atoms with Crippen molar-refractivity contribution in [3.05, 3.63) is 52.0 Å². The molecule has 2 heterocycles. The second-order valence-electron chi connectivity index (χ2n) is 6.06. The highest BCUT2D eigenvalue weighted by atomic mass is 32.1. The number of aryl methyl sites for hydroxylation is 2. The quantitative estimate of drug-likeness (QED) is 0.865. The minimum Gasteiger partial charge on any atom is -0.375 e. The Kier molecular flexibility index (Phi) is 5.08. The van der Waals surface area contributed by atoms with Crippen LogP contribution < -0.4 is 0 Å². The van der Waals surface area contributed by atoms with E-state index in [1.807, 2.05) is 42.3 Å². The smallest absolute Gasteiger partial charge is 0.273 e. The molecule has 1 amide bonds. The lowest BCUT2D eigenvalue weighted by molar-refractivity contribution is -0.0388. The summed E-state index contributed by atoms with van der Waals surface area (Å²) in [5.74, 6) is 0.0230. The van der Waals surface area contributed by atoms with Crippen molar-refractivity contribution >= 4 is 17.2 Å². The van der Waals surface area contributed by atoms with Crippen LogP contribution in [0.2, 0.25) is 0 Å². The molecule has 122 valence electrons. The molecule has 2 aromatic rings. The number of amides is 1. The van der Waals surface area contributed by atoms with E-state index in [0.717, 1.165) is 17.8 Å². The predicted molar refractivity (Wildman–Crippen MR) is 91.9 cm³/mol. The van der Waals surface area contributed by atoms with Gasteiger partial charge in [-0.25, -0.2) is 4.98 Å². The largest absolute Gasteiger partial charge is 0.375 e. The first-order valence-corrected chi connectivity index (χ1v) is 8.92. The summed E-state index contributed by atoms with van der Waals surface area (Å²) >= 11 is 1.57. The van der Waals surface area contributed by atoms with Gasteiger partial charge < -0.3 is 9.64 Å². The maximum absolute atomic E-state index is 12.7. The SMILES string of the molecule is CC1CN(C(=O)c2csc(CCc3ccccc3)n2)C(C)CO1. The molecule has 1 aromatic heterocycles. The molecule has 0 saturated carbocycles. The van der Waals surface area contributed by atoms with Crippen molar-refractivity contribution in [1.29, 1.82) is 0 Å². The molecule has 1 aromatic carbocycles. The second kappa shape index (κ2) is 7.23. The Morgan fingerprint density at radius 3 is 2.87 bits per heavy atom. The molecular formula is C18H22N2O2S. The van der Waals surface area contributed by atoms with Crippen molar-refractivity contribution in [2.45, 2.75) is 38.8 Å². The second-order valence-corrected chi connectivity index (χ2v) is 7.01. The summed E-state index contributed by atoms with van der Waals surface area (Å²) in [6.07, 6.45) is 1.91. The van der Waals surface area contributed by atoms with E-state index in [2.05, 4.69) is 17.1 Å². The Labute approximate surface area is 141 Å². The van der Waals surface area contributed by atoms with Gasteiger partial charge >= 0.3 is 0 Å². The van der Waals surface area contributed by atoms with Gasteiger partial charge in [0.25, 0.3) is 5.91 Å². The number of rotatable bonds is 4. The molecule has 1 aliphatic rings. The van der Waals surface area contributed by atoms with Crippen LogP contribution in [0.25, 0.3) is 0 Å². The first kappa shape index (κ1) is 16.1. The average Bonchev–Trinajstić information content (AvgIpc) is 3.04. The number of hydrogen-bond donors (Lipinski definition) is 0. The molecule has 1 aliphatic heterocycles. The number of nitrogens with zero attached hydrogens (tertiary/aromatic N) is 2. The Hall–Kier alpha value is -1.72. The molecular weight excluding hydrogens is 308 g/mol. The van der Waals surface area contributed by atoms with Crippen LogP contribution in [0.15, 0.2) is 35.7 Å². The highest BCUT2D eigenvalue weighted by molar-refractivity contribution is 7.09. The number of carbonyl (C=O) groups excluding carboxylic acids is 1. The van der Waals surface area contributed by atoms with Gasteiger partial charge in [0.2, 0.25) is 0 Å². The Morgan fingerprint density at radius 1 is 1.30 bits per heavy atom. The standard InChI is InChI=1S/C18H22N2O2S/c1-13-11-22-14(2)10-20(13)18(21)16-12-23-17(19-16)9-8-15-6-4-3-5-7-15/h3-7,12-14H,8-11H2,1-2H3. The van der Waals surface area contributed by atoms with Crippen LogP contribution in [0.5, 0.6) is 0 Å². The average molecular weight is 330 g/mol.